The summed E-state index contributed by atoms with van der Waals surface area (Å²) >= 11 is 7.75. The van der Waals surface area contributed by atoms with E-state index < -0.39 is 5.82 Å². The van der Waals surface area contributed by atoms with E-state index in [2.05, 4.69) is 10.3 Å². The Hall–Kier alpha value is -2.62. The van der Waals surface area contributed by atoms with Crippen LogP contribution < -0.4 is 5.32 Å². The molecule has 1 aliphatic rings. The minimum absolute atomic E-state index is 0.0787. The number of rotatable bonds is 5. The molecule has 2 heterocycles. The van der Waals surface area contributed by atoms with Crippen molar-refractivity contribution in [3.8, 4) is 0 Å². The summed E-state index contributed by atoms with van der Waals surface area (Å²) in [6.07, 6.45) is 1.56. The van der Waals surface area contributed by atoms with E-state index in [1.807, 2.05) is 24.3 Å². The Morgan fingerprint density at radius 1 is 1.21 bits per heavy atom. The predicted octanol–water partition coefficient (Wildman–Crippen LogP) is 4.67. The van der Waals surface area contributed by atoms with Crippen LogP contribution in [0.5, 0.6) is 0 Å². The second kappa shape index (κ2) is 8.40. The van der Waals surface area contributed by atoms with Crippen molar-refractivity contribution in [3.63, 3.8) is 0 Å². The summed E-state index contributed by atoms with van der Waals surface area (Å²) in [5.74, 6) is -0.986. The zero-order valence-corrected chi connectivity index (χ0v) is 17.4. The molecule has 146 valence electrons. The number of aromatic nitrogens is 1. The van der Waals surface area contributed by atoms with Crippen molar-refractivity contribution >= 4 is 72.9 Å². The molecule has 29 heavy (non-hydrogen) atoms. The third kappa shape index (κ3) is 4.36. The minimum atomic E-state index is -0.409. The molecule has 2 aromatic carbocycles. The van der Waals surface area contributed by atoms with Crippen molar-refractivity contribution in [1.29, 1.82) is 0 Å². The Labute approximate surface area is 179 Å². The fourth-order valence-corrected chi connectivity index (χ4v) is 4.93. The van der Waals surface area contributed by atoms with E-state index in [-0.39, 0.29) is 24.8 Å². The first-order chi connectivity index (χ1) is 14.0. The van der Waals surface area contributed by atoms with Gasteiger partial charge in [0.15, 0.2) is 5.13 Å². The molecule has 9 heteroatoms. The van der Waals surface area contributed by atoms with E-state index >= 15 is 0 Å². The number of fused-ring (bicyclic) bond motifs is 1. The van der Waals surface area contributed by atoms with Gasteiger partial charge in [0.25, 0.3) is 5.91 Å². The highest BCUT2D eigenvalue weighted by Gasteiger charge is 2.32. The molecule has 4 rings (SSSR count). The topological polar surface area (TPSA) is 62.3 Å². The molecule has 0 radical (unpaired) electrons. The molecular formula is C20H14FN3O2S3. The van der Waals surface area contributed by atoms with Gasteiger partial charge < -0.3 is 5.32 Å². The van der Waals surface area contributed by atoms with E-state index in [0.717, 1.165) is 22.0 Å². The van der Waals surface area contributed by atoms with Crippen molar-refractivity contribution in [2.45, 2.75) is 6.42 Å². The maximum atomic E-state index is 13.8. The zero-order chi connectivity index (χ0) is 20.4. The van der Waals surface area contributed by atoms with Gasteiger partial charge in [-0.25, -0.2) is 9.37 Å². The Kier molecular flexibility index (Phi) is 5.70. The fraction of sp³-hybridized carbons (Fsp3) is 0.100. The van der Waals surface area contributed by atoms with Crippen molar-refractivity contribution in [1.82, 2.24) is 9.88 Å². The number of carbonyl (C=O) groups excluding carboxylic acids is 2. The van der Waals surface area contributed by atoms with Gasteiger partial charge in [-0.2, -0.15) is 0 Å². The number of halogens is 1. The van der Waals surface area contributed by atoms with E-state index in [1.165, 1.54) is 28.4 Å². The van der Waals surface area contributed by atoms with Gasteiger partial charge in [-0.15, -0.1) is 0 Å². The SMILES string of the molecule is O=C(CCN1C(=O)/C(=C/c2ccccc2F)SC1=S)Nc1nc2ccccc2s1. The van der Waals surface area contributed by atoms with Crippen LogP contribution in [0.15, 0.2) is 53.4 Å². The van der Waals surface area contributed by atoms with E-state index in [4.69, 9.17) is 12.2 Å². The summed E-state index contributed by atoms with van der Waals surface area (Å²) in [4.78, 5) is 31.0. The van der Waals surface area contributed by atoms with Crippen LogP contribution in [0.4, 0.5) is 9.52 Å². The van der Waals surface area contributed by atoms with E-state index in [1.54, 1.807) is 18.2 Å². The maximum Gasteiger partial charge on any atom is 0.266 e. The summed E-state index contributed by atoms with van der Waals surface area (Å²) in [7, 11) is 0. The van der Waals surface area contributed by atoms with Crippen LogP contribution in [0.25, 0.3) is 16.3 Å². The van der Waals surface area contributed by atoms with Crippen LogP contribution in [0.3, 0.4) is 0 Å². The number of para-hydroxylation sites is 1. The van der Waals surface area contributed by atoms with Crippen LogP contribution in [0.2, 0.25) is 0 Å². The Morgan fingerprint density at radius 2 is 1.97 bits per heavy atom. The third-order valence-electron chi connectivity index (χ3n) is 4.17. The van der Waals surface area contributed by atoms with Gasteiger partial charge in [-0.1, -0.05) is 65.6 Å². The predicted molar refractivity (Wildman–Crippen MR) is 119 cm³/mol. The Morgan fingerprint density at radius 3 is 2.76 bits per heavy atom. The lowest BCUT2D eigenvalue weighted by molar-refractivity contribution is -0.122. The molecule has 5 nitrogen and oxygen atoms in total. The summed E-state index contributed by atoms with van der Waals surface area (Å²) in [5, 5.41) is 3.27. The van der Waals surface area contributed by atoms with Gasteiger partial charge in [-0.3, -0.25) is 14.5 Å². The Bertz CT molecular complexity index is 1130. The minimum Gasteiger partial charge on any atom is -0.302 e. The second-order valence-corrected chi connectivity index (χ2v) is 8.85. The highest BCUT2D eigenvalue weighted by Crippen LogP contribution is 2.33. The zero-order valence-electron chi connectivity index (χ0n) is 14.9. The number of thiazole rings is 1. The molecule has 0 saturated carbocycles. The van der Waals surface area contributed by atoms with E-state index in [0.29, 0.717) is 19.9 Å². The largest absolute Gasteiger partial charge is 0.302 e. The molecule has 0 bridgehead atoms. The van der Waals surface area contributed by atoms with Crippen molar-refractivity contribution in [2.75, 3.05) is 11.9 Å². The van der Waals surface area contributed by atoms with Crippen LogP contribution in [-0.4, -0.2) is 32.6 Å². The average Bonchev–Trinajstić information content (AvgIpc) is 3.22. The molecule has 0 spiro atoms. The normalized spacial score (nSPS) is 15.5. The van der Waals surface area contributed by atoms with Crippen LogP contribution >= 0.6 is 35.3 Å². The molecule has 3 aromatic rings. The second-order valence-electron chi connectivity index (χ2n) is 6.14. The van der Waals surface area contributed by atoms with Gasteiger partial charge in [0.05, 0.1) is 15.1 Å². The molecule has 1 aromatic heterocycles. The molecule has 1 saturated heterocycles. The number of carbonyl (C=O) groups is 2. The van der Waals surface area contributed by atoms with Gasteiger partial charge in [0.1, 0.15) is 10.1 Å². The number of nitrogens with zero attached hydrogens (tertiary/aromatic N) is 2. The smallest absolute Gasteiger partial charge is 0.266 e. The molecule has 1 N–H and O–H groups in total. The van der Waals surface area contributed by atoms with Crippen LogP contribution in [0, 0.1) is 5.82 Å². The fourth-order valence-electron chi connectivity index (χ4n) is 2.75. The van der Waals surface area contributed by atoms with Gasteiger partial charge >= 0.3 is 0 Å². The number of hydrogen-bond acceptors (Lipinski definition) is 6. The van der Waals surface area contributed by atoms with Gasteiger partial charge in [0.2, 0.25) is 5.91 Å². The first-order valence-electron chi connectivity index (χ1n) is 8.66. The molecule has 1 aliphatic heterocycles. The van der Waals surface area contributed by atoms with Gasteiger partial charge in [0, 0.05) is 18.5 Å². The Balaban J connectivity index is 1.39. The molecular weight excluding hydrogens is 429 g/mol. The number of thiocarbonyl (C=S) groups is 1. The number of thioether (sulfide) groups is 1. The highest BCUT2D eigenvalue weighted by atomic mass is 32.2. The summed E-state index contributed by atoms with van der Waals surface area (Å²) in [5.41, 5.74) is 1.14. The standard InChI is InChI=1S/C20H14FN3O2S3/c21-13-6-2-1-5-12(13)11-16-18(26)24(20(27)29-16)10-9-17(25)23-19-22-14-7-3-4-8-15(14)28-19/h1-8,11H,9-10H2,(H,22,23,25)/b16-11-. The average molecular weight is 444 g/mol. The first kappa shape index (κ1) is 19.7. The molecule has 2 amide bonds. The lowest BCUT2D eigenvalue weighted by Crippen LogP contribution is -2.31. The maximum absolute atomic E-state index is 13.8. The quantitative estimate of drug-likeness (QED) is 0.459. The third-order valence-corrected chi connectivity index (χ3v) is 6.50. The van der Waals surface area contributed by atoms with Crippen molar-refractivity contribution in [2.24, 2.45) is 0 Å². The molecule has 0 aliphatic carbocycles. The van der Waals surface area contributed by atoms with Crippen LogP contribution in [-0.2, 0) is 9.59 Å². The monoisotopic (exact) mass is 443 g/mol. The lowest BCUT2D eigenvalue weighted by Gasteiger charge is -2.13. The molecule has 1 fully saturated rings. The number of amides is 2. The summed E-state index contributed by atoms with van der Waals surface area (Å²) in [6.45, 7) is 0.149. The van der Waals surface area contributed by atoms with E-state index in [9.17, 15) is 14.0 Å². The highest BCUT2D eigenvalue weighted by molar-refractivity contribution is 8.26. The molecule has 0 unspecified atom stereocenters. The van der Waals surface area contributed by atoms with Crippen molar-refractivity contribution < 1.29 is 14.0 Å². The number of hydrogen-bond donors (Lipinski definition) is 1. The number of nitrogens with one attached hydrogen (secondary N) is 1. The summed E-state index contributed by atoms with van der Waals surface area (Å²) < 4.78 is 15.2. The lowest BCUT2D eigenvalue weighted by atomic mass is 10.2. The summed E-state index contributed by atoms with van der Waals surface area (Å²) in [6, 6.07) is 13.8. The van der Waals surface area contributed by atoms with Gasteiger partial charge in [-0.05, 0) is 24.3 Å². The first-order valence-corrected chi connectivity index (χ1v) is 10.7. The molecule has 0 atom stereocenters. The van der Waals surface area contributed by atoms with Crippen LogP contribution in [0.1, 0.15) is 12.0 Å². The number of benzene rings is 2. The number of anilines is 1. The van der Waals surface area contributed by atoms with Crippen molar-refractivity contribution in [3.05, 3.63) is 64.8 Å².